The molecule has 1 aromatic carbocycles. The molecule has 2 heterocycles. The van der Waals surface area contributed by atoms with Gasteiger partial charge in [-0.05, 0) is 24.6 Å². The van der Waals surface area contributed by atoms with Crippen molar-refractivity contribution in [2.24, 2.45) is 0 Å². The zero-order valence-electron chi connectivity index (χ0n) is 13.7. The van der Waals surface area contributed by atoms with Crippen LogP contribution in [0.25, 0.3) is 0 Å². The molecule has 0 atom stereocenters. The molecule has 1 fully saturated rings. The summed E-state index contributed by atoms with van der Waals surface area (Å²) in [6.07, 6.45) is 0. The molecule has 0 spiro atoms. The van der Waals surface area contributed by atoms with E-state index in [2.05, 4.69) is 22.3 Å². The smallest absolute Gasteiger partial charge is 0.317 e. The number of hydrogen-bond acceptors (Lipinski definition) is 4. The van der Waals surface area contributed by atoms with Gasteiger partial charge in [0.15, 0.2) is 0 Å². The first-order valence-corrected chi connectivity index (χ1v) is 8.33. The average Bonchev–Trinajstić information content (AvgIpc) is 2.78. The van der Waals surface area contributed by atoms with E-state index in [0.29, 0.717) is 26.2 Å². The van der Waals surface area contributed by atoms with Crippen molar-refractivity contribution in [2.75, 3.05) is 46.0 Å². The normalized spacial score (nSPS) is 18.7. The molecule has 6 heteroatoms. The molecule has 2 amide bonds. The topological polar surface area (TPSA) is 54.0 Å². The summed E-state index contributed by atoms with van der Waals surface area (Å²) in [6.45, 7) is 8.78. The molecule has 0 unspecified atom stereocenters. The molecule has 0 radical (unpaired) electrons. The number of hydrogen-bond donors (Lipinski definition) is 1. The molecule has 1 saturated heterocycles. The van der Waals surface area contributed by atoms with Gasteiger partial charge in [0, 0.05) is 31.7 Å². The lowest BCUT2D eigenvalue weighted by Gasteiger charge is -2.27. The third kappa shape index (κ3) is 4.14. The fourth-order valence-electron chi connectivity index (χ4n) is 3.00. The summed E-state index contributed by atoms with van der Waals surface area (Å²) in [5, 5.41) is 2.86. The highest BCUT2D eigenvalue weighted by Crippen LogP contribution is 2.25. The van der Waals surface area contributed by atoms with Gasteiger partial charge in [-0.15, -0.1) is 0 Å². The largest absolute Gasteiger partial charge is 0.491 e. The highest BCUT2D eigenvalue weighted by atomic mass is 16.5. The molecular weight excluding hydrogens is 294 g/mol. The van der Waals surface area contributed by atoms with E-state index in [-0.39, 0.29) is 6.03 Å². The van der Waals surface area contributed by atoms with Crippen LogP contribution in [-0.2, 0) is 17.8 Å². The number of carbonyl (C=O) groups excluding carboxylic acids is 1. The number of urea groups is 1. The summed E-state index contributed by atoms with van der Waals surface area (Å²) in [5.41, 5.74) is 2.34. The molecule has 126 valence electrons. The number of nitrogens with zero attached hydrogens (tertiary/aromatic N) is 2. The van der Waals surface area contributed by atoms with Crippen molar-refractivity contribution < 1.29 is 14.3 Å². The molecule has 0 saturated carbocycles. The quantitative estimate of drug-likeness (QED) is 0.916. The van der Waals surface area contributed by atoms with Crippen LogP contribution < -0.4 is 10.1 Å². The van der Waals surface area contributed by atoms with E-state index < -0.39 is 0 Å². The van der Waals surface area contributed by atoms with Gasteiger partial charge in [0.1, 0.15) is 12.4 Å². The van der Waals surface area contributed by atoms with Gasteiger partial charge in [-0.2, -0.15) is 0 Å². The Kier molecular flexibility index (Phi) is 5.35. The molecule has 2 aliphatic heterocycles. The summed E-state index contributed by atoms with van der Waals surface area (Å²) >= 11 is 0. The molecular formula is C17H25N3O3. The second kappa shape index (κ2) is 7.66. The highest BCUT2D eigenvalue weighted by Gasteiger charge is 2.20. The van der Waals surface area contributed by atoms with E-state index >= 15 is 0 Å². The van der Waals surface area contributed by atoms with Gasteiger partial charge >= 0.3 is 6.03 Å². The minimum Gasteiger partial charge on any atom is -0.491 e. The SMILES string of the molecule is CCNC(=O)N1CCOc2ccc(CN3CCOCC3)cc2C1. The number of amides is 2. The molecule has 1 aromatic rings. The van der Waals surface area contributed by atoms with Gasteiger partial charge in [-0.25, -0.2) is 4.79 Å². The maximum atomic E-state index is 12.1. The van der Waals surface area contributed by atoms with Crippen LogP contribution in [-0.4, -0.2) is 61.8 Å². The molecule has 6 nitrogen and oxygen atoms in total. The average molecular weight is 319 g/mol. The molecule has 0 bridgehead atoms. The first-order chi connectivity index (χ1) is 11.3. The van der Waals surface area contributed by atoms with Crippen LogP contribution in [0.5, 0.6) is 5.75 Å². The number of benzene rings is 1. The zero-order chi connectivity index (χ0) is 16.1. The fourth-order valence-corrected chi connectivity index (χ4v) is 3.00. The third-order valence-electron chi connectivity index (χ3n) is 4.23. The Bertz CT molecular complexity index is 544. The first kappa shape index (κ1) is 16.1. The summed E-state index contributed by atoms with van der Waals surface area (Å²) < 4.78 is 11.2. The highest BCUT2D eigenvalue weighted by molar-refractivity contribution is 5.74. The van der Waals surface area contributed by atoms with Crippen LogP contribution in [0.1, 0.15) is 18.1 Å². The van der Waals surface area contributed by atoms with Gasteiger partial charge < -0.3 is 19.7 Å². The second-order valence-corrected chi connectivity index (χ2v) is 5.94. The molecule has 1 N–H and O–H groups in total. The van der Waals surface area contributed by atoms with Crippen LogP contribution in [0.2, 0.25) is 0 Å². The Morgan fingerprint density at radius 1 is 1.22 bits per heavy atom. The molecule has 2 aliphatic rings. The van der Waals surface area contributed by atoms with E-state index in [1.54, 1.807) is 0 Å². The van der Waals surface area contributed by atoms with Crippen molar-refractivity contribution in [3.05, 3.63) is 29.3 Å². The predicted molar refractivity (Wildman–Crippen MR) is 87.5 cm³/mol. The Morgan fingerprint density at radius 2 is 2.04 bits per heavy atom. The second-order valence-electron chi connectivity index (χ2n) is 5.94. The van der Waals surface area contributed by atoms with E-state index in [1.165, 1.54) is 5.56 Å². The number of fused-ring (bicyclic) bond motifs is 1. The Balaban J connectivity index is 1.71. The fraction of sp³-hybridized carbons (Fsp3) is 0.588. The molecule has 0 aliphatic carbocycles. The number of ether oxygens (including phenoxy) is 2. The number of rotatable bonds is 3. The van der Waals surface area contributed by atoms with Crippen LogP contribution in [0.3, 0.4) is 0 Å². The van der Waals surface area contributed by atoms with Crippen molar-refractivity contribution in [2.45, 2.75) is 20.0 Å². The van der Waals surface area contributed by atoms with E-state index in [0.717, 1.165) is 44.2 Å². The van der Waals surface area contributed by atoms with Gasteiger partial charge in [0.05, 0.1) is 26.3 Å². The van der Waals surface area contributed by atoms with Crippen LogP contribution in [0, 0.1) is 0 Å². The lowest BCUT2D eigenvalue weighted by Crippen LogP contribution is -2.40. The monoisotopic (exact) mass is 319 g/mol. The van der Waals surface area contributed by atoms with Gasteiger partial charge in [-0.1, -0.05) is 6.07 Å². The van der Waals surface area contributed by atoms with Crippen molar-refractivity contribution in [1.82, 2.24) is 15.1 Å². The summed E-state index contributed by atoms with van der Waals surface area (Å²) in [6, 6.07) is 6.30. The van der Waals surface area contributed by atoms with Gasteiger partial charge in [0.25, 0.3) is 0 Å². The maximum absolute atomic E-state index is 12.1. The van der Waals surface area contributed by atoms with Gasteiger partial charge in [0.2, 0.25) is 0 Å². The van der Waals surface area contributed by atoms with Gasteiger partial charge in [-0.3, -0.25) is 4.90 Å². The minimum atomic E-state index is -0.0254. The van der Waals surface area contributed by atoms with Crippen LogP contribution >= 0.6 is 0 Å². The molecule has 3 rings (SSSR count). The number of carbonyl (C=O) groups is 1. The summed E-state index contributed by atoms with van der Waals surface area (Å²) in [4.78, 5) is 16.3. The zero-order valence-corrected chi connectivity index (χ0v) is 13.7. The molecule has 23 heavy (non-hydrogen) atoms. The number of morpholine rings is 1. The lowest BCUT2D eigenvalue weighted by atomic mass is 10.1. The maximum Gasteiger partial charge on any atom is 0.317 e. The Hall–Kier alpha value is -1.79. The van der Waals surface area contributed by atoms with Crippen molar-refractivity contribution >= 4 is 6.03 Å². The molecule has 0 aromatic heterocycles. The van der Waals surface area contributed by atoms with Crippen molar-refractivity contribution in [1.29, 1.82) is 0 Å². The number of nitrogens with one attached hydrogen (secondary N) is 1. The summed E-state index contributed by atoms with van der Waals surface area (Å²) in [5.74, 6) is 0.891. The predicted octanol–water partition coefficient (Wildman–Crippen LogP) is 1.44. The van der Waals surface area contributed by atoms with E-state index in [4.69, 9.17) is 9.47 Å². The summed E-state index contributed by atoms with van der Waals surface area (Å²) in [7, 11) is 0. The van der Waals surface area contributed by atoms with Crippen LogP contribution in [0.15, 0.2) is 18.2 Å². The Morgan fingerprint density at radius 3 is 2.83 bits per heavy atom. The van der Waals surface area contributed by atoms with Crippen molar-refractivity contribution in [3.8, 4) is 5.75 Å². The third-order valence-corrected chi connectivity index (χ3v) is 4.23. The van der Waals surface area contributed by atoms with E-state index in [9.17, 15) is 4.79 Å². The van der Waals surface area contributed by atoms with Crippen molar-refractivity contribution in [3.63, 3.8) is 0 Å². The van der Waals surface area contributed by atoms with E-state index in [1.807, 2.05) is 17.9 Å². The standard InChI is InChI=1S/C17H25N3O3/c1-2-18-17(21)20-7-10-23-16-4-3-14(11-15(16)13-20)12-19-5-8-22-9-6-19/h3-4,11H,2,5-10,12-13H2,1H3,(H,18,21). The Labute approximate surface area is 137 Å². The first-order valence-electron chi connectivity index (χ1n) is 8.33. The van der Waals surface area contributed by atoms with Crippen LogP contribution in [0.4, 0.5) is 4.79 Å². The minimum absolute atomic E-state index is 0.0254. The lowest BCUT2D eigenvalue weighted by molar-refractivity contribution is 0.0342.